The first-order valence-electron chi connectivity index (χ1n) is 5.59. The molecule has 3 saturated heterocycles. The summed E-state index contributed by atoms with van der Waals surface area (Å²) in [5.41, 5.74) is 5.98. The Labute approximate surface area is 85.5 Å². The second kappa shape index (κ2) is 4.14. The van der Waals surface area contributed by atoms with E-state index in [0.717, 1.165) is 6.54 Å². The first-order chi connectivity index (χ1) is 6.80. The molecular weight excluding hydrogens is 178 g/mol. The Morgan fingerprint density at radius 2 is 2.14 bits per heavy atom. The molecule has 0 radical (unpaired) electrons. The Kier molecular flexibility index (Phi) is 3.07. The molecule has 0 spiro atoms. The lowest BCUT2D eigenvalue weighted by molar-refractivity contribution is 0.00904. The number of nitrogens with two attached hydrogens (primary N) is 1. The number of piperidine rings is 3. The molecule has 0 aromatic rings. The maximum Gasteiger partial charge on any atom is 0.0556 e. The van der Waals surface area contributed by atoms with E-state index in [2.05, 4.69) is 10.2 Å². The van der Waals surface area contributed by atoms with Gasteiger partial charge in [-0.25, -0.2) is 0 Å². The third-order valence-electron chi connectivity index (χ3n) is 3.83. The maximum absolute atomic E-state index is 8.86. The van der Waals surface area contributed by atoms with Crippen molar-refractivity contribution in [1.82, 2.24) is 10.2 Å². The fraction of sp³-hybridized carbons (Fsp3) is 1.00. The molecule has 3 fully saturated rings. The monoisotopic (exact) mass is 199 g/mol. The Morgan fingerprint density at radius 1 is 1.43 bits per heavy atom. The molecule has 0 amide bonds. The van der Waals surface area contributed by atoms with Gasteiger partial charge in [-0.05, 0) is 31.8 Å². The van der Waals surface area contributed by atoms with Gasteiger partial charge in [-0.2, -0.15) is 0 Å². The quantitative estimate of drug-likeness (QED) is 0.543. The van der Waals surface area contributed by atoms with Gasteiger partial charge in [-0.3, -0.25) is 0 Å². The zero-order valence-electron chi connectivity index (χ0n) is 8.71. The fourth-order valence-corrected chi connectivity index (χ4v) is 2.98. The largest absolute Gasteiger partial charge is 0.395 e. The van der Waals surface area contributed by atoms with Gasteiger partial charge in [0.25, 0.3) is 0 Å². The Morgan fingerprint density at radius 3 is 2.57 bits per heavy atom. The standard InChI is InChI=1S/C10H21N3O/c11-7-10(12-3-6-14)8-13-4-1-9(10)2-5-13/h9,12,14H,1-8,11H2. The second-order valence-electron chi connectivity index (χ2n) is 4.56. The third kappa shape index (κ3) is 1.67. The molecule has 0 saturated carbocycles. The normalized spacial score (nSPS) is 41.6. The molecule has 14 heavy (non-hydrogen) atoms. The number of rotatable bonds is 4. The topological polar surface area (TPSA) is 61.5 Å². The van der Waals surface area contributed by atoms with Crippen molar-refractivity contribution < 1.29 is 5.11 Å². The number of nitrogens with one attached hydrogen (secondary N) is 1. The molecule has 82 valence electrons. The summed E-state index contributed by atoms with van der Waals surface area (Å²) in [6.45, 7) is 5.08. The van der Waals surface area contributed by atoms with Crippen molar-refractivity contribution in [3.63, 3.8) is 0 Å². The minimum absolute atomic E-state index is 0.0826. The average Bonchev–Trinajstić information content (AvgIpc) is 2.28. The minimum Gasteiger partial charge on any atom is -0.395 e. The Hall–Kier alpha value is -0.160. The number of nitrogens with zero attached hydrogens (tertiary/aromatic N) is 1. The zero-order chi connectivity index (χ0) is 10.0. The van der Waals surface area contributed by atoms with Crippen LogP contribution in [0.25, 0.3) is 0 Å². The van der Waals surface area contributed by atoms with Crippen molar-refractivity contribution in [2.75, 3.05) is 39.3 Å². The van der Waals surface area contributed by atoms with E-state index in [9.17, 15) is 0 Å². The SMILES string of the molecule is NCC1(NCCO)CN2CCC1CC2. The summed E-state index contributed by atoms with van der Waals surface area (Å²) in [5.74, 6) is 0.712. The highest BCUT2D eigenvalue weighted by Gasteiger charge is 2.45. The lowest BCUT2D eigenvalue weighted by Crippen LogP contribution is -2.69. The van der Waals surface area contributed by atoms with E-state index in [0.29, 0.717) is 19.0 Å². The maximum atomic E-state index is 8.86. The van der Waals surface area contributed by atoms with Crippen LogP contribution in [0.4, 0.5) is 0 Å². The molecule has 4 heteroatoms. The molecule has 3 aliphatic rings. The molecule has 3 heterocycles. The van der Waals surface area contributed by atoms with E-state index in [1.165, 1.54) is 25.9 Å². The van der Waals surface area contributed by atoms with E-state index >= 15 is 0 Å². The number of hydrogen-bond acceptors (Lipinski definition) is 4. The van der Waals surface area contributed by atoms with Gasteiger partial charge < -0.3 is 21.1 Å². The summed E-state index contributed by atoms with van der Waals surface area (Å²) in [7, 11) is 0. The Balaban J connectivity index is 2.03. The highest BCUT2D eigenvalue weighted by atomic mass is 16.3. The van der Waals surface area contributed by atoms with Gasteiger partial charge in [0.05, 0.1) is 6.61 Å². The first-order valence-corrected chi connectivity index (χ1v) is 5.59. The molecule has 3 aliphatic heterocycles. The second-order valence-corrected chi connectivity index (χ2v) is 4.56. The summed E-state index contributed by atoms with van der Waals surface area (Å²) in [4.78, 5) is 2.48. The summed E-state index contributed by atoms with van der Waals surface area (Å²) in [5, 5.41) is 12.3. The van der Waals surface area contributed by atoms with Crippen molar-refractivity contribution in [3.05, 3.63) is 0 Å². The predicted octanol–water partition coefficient (Wildman–Crippen LogP) is -1.01. The van der Waals surface area contributed by atoms with Gasteiger partial charge >= 0.3 is 0 Å². The third-order valence-corrected chi connectivity index (χ3v) is 3.83. The van der Waals surface area contributed by atoms with Crippen molar-refractivity contribution in [2.45, 2.75) is 18.4 Å². The van der Waals surface area contributed by atoms with Crippen LogP contribution in [0, 0.1) is 5.92 Å². The van der Waals surface area contributed by atoms with Gasteiger partial charge in [0.1, 0.15) is 0 Å². The van der Waals surface area contributed by atoms with E-state index in [4.69, 9.17) is 10.8 Å². The van der Waals surface area contributed by atoms with Crippen LogP contribution in [-0.2, 0) is 0 Å². The zero-order valence-corrected chi connectivity index (χ0v) is 8.71. The van der Waals surface area contributed by atoms with Crippen molar-refractivity contribution in [2.24, 2.45) is 11.7 Å². The minimum atomic E-state index is 0.0826. The van der Waals surface area contributed by atoms with Crippen LogP contribution in [0.15, 0.2) is 0 Å². The molecule has 4 nitrogen and oxygen atoms in total. The molecule has 0 aromatic carbocycles. The van der Waals surface area contributed by atoms with Crippen molar-refractivity contribution in [1.29, 1.82) is 0 Å². The molecule has 1 unspecified atom stereocenters. The molecular formula is C10H21N3O. The van der Waals surface area contributed by atoms with E-state index in [-0.39, 0.29) is 12.1 Å². The van der Waals surface area contributed by atoms with E-state index in [1.54, 1.807) is 0 Å². The van der Waals surface area contributed by atoms with Crippen LogP contribution in [0.5, 0.6) is 0 Å². The fourth-order valence-electron chi connectivity index (χ4n) is 2.98. The van der Waals surface area contributed by atoms with Crippen LogP contribution in [-0.4, -0.2) is 54.9 Å². The van der Waals surface area contributed by atoms with Crippen LogP contribution >= 0.6 is 0 Å². The van der Waals surface area contributed by atoms with E-state index < -0.39 is 0 Å². The van der Waals surface area contributed by atoms with Gasteiger partial charge in [-0.15, -0.1) is 0 Å². The molecule has 3 rings (SSSR count). The highest BCUT2D eigenvalue weighted by Crippen LogP contribution is 2.34. The van der Waals surface area contributed by atoms with Gasteiger partial charge in [-0.1, -0.05) is 0 Å². The number of aliphatic hydroxyl groups excluding tert-OH is 1. The van der Waals surface area contributed by atoms with Crippen LogP contribution in [0.3, 0.4) is 0 Å². The summed E-state index contributed by atoms with van der Waals surface area (Å²) in [6, 6.07) is 0. The number of hydrogen-bond donors (Lipinski definition) is 3. The number of β-amino-alcohol motifs (C(OH)–C–C–N with tert-alkyl or cyclic N) is 1. The van der Waals surface area contributed by atoms with E-state index in [1.807, 2.05) is 0 Å². The van der Waals surface area contributed by atoms with Gasteiger partial charge in [0.15, 0.2) is 0 Å². The van der Waals surface area contributed by atoms with Crippen LogP contribution < -0.4 is 11.1 Å². The lowest BCUT2D eigenvalue weighted by atomic mass is 9.73. The summed E-state index contributed by atoms with van der Waals surface area (Å²) < 4.78 is 0. The summed E-state index contributed by atoms with van der Waals surface area (Å²) >= 11 is 0. The lowest BCUT2D eigenvalue weighted by Gasteiger charge is -2.53. The first kappa shape index (κ1) is 10.4. The predicted molar refractivity (Wildman–Crippen MR) is 56.0 cm³/mol. The van der Waals surface area contributed by atoms with Gasteiger partial charge in [0, 0.05) is 25.2 Å². The molecule has 4 N–H and O–H groups in total. The highest BCUT2D eigenvalue weighted by molar-refractivity contribution is 5.04. The average molecular weight is 199 g/mol. The number of aliphatic hydroxyl groups is 1. The molecule has 2 bridgehead atoms. The van der Waals surface area contributed by atoms with Crippen molar-refractivity contribution >= 4 is 0 Å². The van der Waals surface area contributed by atoms with Crippen LogP contribution in [0.1, 0.15) is 12.8 Å². The molecule has 0 aromatic heterocycles. The van der Waals surface area contributed by atoms with Gasteiger partial charge in [0.2, 0.25) is 0 Å². The van der Waals surface area contributed by atoms with Crippen molar-refractivity contribution in [3.8, 4) is 0 Å². The summed E-state index contributed by atoms with van der Waals surface area (Å²) in [6.07, 6.45) is 2.52. The number of fused-ring (bicyclic) bond motifs is 3. The Bertz CT molecular complexity index is 192. The molecule has 1 atom stereocenters. The molecule has 0 aliphatic carbocycles. The smallest absolute Gasteiger partial charge is 0.0556 e. The van der Waals surface area contributed by atoms with Crippen LogP contribution in [0.2, 0.25) is 0 Å².